The Morgan fingerprint density at radius 1 is 1.24 bits per heavy atom. The third kappa shape index (κ3) is 5.83. The van der Waals surface area contributed by atoms with E-state index in [0.29, 0.717) is 41.3 Å². The highest BCUT2D eigenvalue weighted by molar-refractivity contribution is 7.99. The molecular formula is C21H16Cl4F2N4OS2. The average Bonchev–Trinajstić information content (AvgIpc) is 3.34. The van der Waals surface area contributed by atoms with Crippen LogP contribution in [0.15, 0.2) is 40.5 Å². The topological polar surface area (TPSA) is 59.0 Å². The Labute approximate surface area is 222 Å². The van der Waals surface area contributed by atoms with Gasteiger partial charge in [-0.15, -0.1) is 11.3 Å². The van der Waals surface area contributed by atoms with Gasteiger partial charge in [0.25, 0.3) is 0 Å². The molecule has 2 amide bonds. The fourth-order valence-corrected chi connectivity index (χ4v) is 6.24. The number of halogens is 6. The van der Waals surface area contributed by atoms with Gasteiger partial charge >= 0.3 is 6.03 Å². The van der Waals surface area contributed by atoms with E-state index in [1.807, 2.05) is 0 Å². The number of fused-ring (bicyclic) bond motifs is 1. The minimum atomic E-state index is -1.53. The number of alkyl halides is 1. The van der Waals surface area contributed by atoms with Crippen molar-refractivity contribution in [3.8, 4) is 0 Å². The molecule has 0 spiro atoms. The molecule has 5 nitrogen and oxygen atoms in total. The Kier molecular flexibility index (Phi) is 8.32. The molecule has 0 aliphatic heterocycles. The molecule has 4 rings (SSSR count). The maximum Gasteiger partial charge on any atom is 0.325 e. The Balaban J connectivity index is 1.49. The van der Waals surface area contributed by atoms with Crippen LogP contribution in [0.3, 0.4) is 0 Å². The number of urea groups is 1. The van der Waals surface area contributed by atoms with Crippen LogP contribution in [-0.4, -0.2) is 28.5 Å². The Hall–Kier alpha value is -1.49. The van der Waals surface area contributed by atoms with Crippen molar-refractivity contribution < 1.29 is 13.6 Å². The maximum absolute atomic E-state index is 15.2. The highest BCUT2D eigenvalue weighted by Crippen LogP contribution is 2.37. The predicted molar refractivity (Wildman–Crippen MR) is 136 cm³/mol. The van der Waals surface area contributed by atoms with Crippen molar-refractivity contribution >= 4 is 81.3 Å². The minimum absolute atomic E-state index is 0.117. The number of amides is 2. The van der Waals surface area contributed by atoms with E-state index in [1.165, 1.54) is 16.0 Å². The lowest BCUT2D eigenvalue weighted by Gasteiger charge is -2.22. The molecule has 1 aliphatic rings. The van der Waals surface area contributed by atoms with Crippen molar-refractivity contribution in [3.05, 3.63) is 72.5 Å². The first-order chi connectivity index (χ1) is 16.2. The van der Waals surface area contributed by atoms with E-state index >= 15 is 4.39 Å². The number of nitrogens with one attached hydrogen (secondary N) is 2. The molecule has 1 atom stereocenters. The number of aromatic nitrogens is 2. The lowest BCUT2D eigenvalue weighted by atomic mass is 9.90. The van der Waals surface area contributed by atoms with Crippen molar-refractivity contribution in [1.82, 2.24) is 19.8 Å². The molecule has 1 aliphatic carbocycles. The summed E-state index contributed by atoms with van der Waals surface area (Å²) in [7, 11) is 0. The smallest absolute Gasteiger partial charge is 0.325 e. The van der Waals surface area contributed by atoms with E-state index in [9.17, 15) is 9.18 Å². The number of rotatable bonds is 6. The number of benzene rings is 1. The number of thiophene rings is 1. The van der Waals surface area contributed by atoms with Crippen LogP contribution in [0.25, 0.3) is 5.57 Å². The van der Waals surface area contributed by atoms with E-state index in [0.717, 1.165) is 17.5 Å². The number of nitrogens with zero attached hydrogens (tertiary/aromatic N) is 2. The molecule has 2 N–H and O–H groups in total. The SMILES string of the molecule is O=C(NC/C(F)=C1/c2c(cnn2Cc2ccc(Cl)cc2Cl)CCC1F)NSc1cc(Cl)c(Cl)s1. The second kappa shape index (κ2) is 11.1. The Bertz CT molecular complexity index is 1240. The fraction of sp³-hybridized carbons (Fsp3) is 0.238. The van der Waals surface area contributed by atoms with E-state index in [1.54, 1.807) is 30.5 Å². The lowest BCUT2D eigenvalue weighted by Crippen LogP contribution is -2.33. The zero-order chi connectivity index (χ0) is 24.4. The second-order valence-electron chi connectivity index (χ2n) is 7.31. The average molecular weight is 584 g/mol. The van der Waals surface area contributed by atoms with Crippen LogP contribution in [0.4, 0.5) is 13.6 Å². The molecule has 2 heterocycles. The summed E-state index contributed by atoms with van der Waals surface area (Å²) in [4.78, 5) is 12.1. The van der Waals surface area contributed by atoms with Crippen LogP contribution < -0.4 is 10.0 Å². The highest BCUT2D eigenvalue weighted by Gasteiger charge is 2.31. The van der Waals surface area contributed by atoms with Gasteiger partial charge in [-0.1, -0.05) is 52.5 Å². The van der Waals surface area contributed by atoms with E-state index in [-0.39, 0.29) is 18.5 Å². The van der Waals surface area contributed by atoms with Crippen molar-refractivity contribution in [2.45, 2.75) is 29.8 Å². The van der Waals surface area contributed by atoms with Gasteiger partial charge in [-0.05, 0) is 54.1 Å². The molecule has 13 heteroatoms. The van der Waals surface area contributed by atoms with Gasteiger partial charge in [0, 0.05) is 15.6 Å². The largest absolute Gasteiger partial charge is 0.331 e. The van der Waals surface area contributed by atoms with Crippen molar-refractivity contribution in [2.75, 3.05) is 6.54 Å². The normalized spacial score (nSPS) is 16.8. The van der Waals surface area contributed by atoms with Gasteiger partial charge in [0.05, 0.1) is 34.2 Å². The van der Waals surface area contributed by atoms with Crippen molar-refractivity contribution in [1.29, 1.82) is 0 Å². The third-order valence-electron chi connectivity index (χ3n) is 5.05. The minimum Gasteiger partial charge on any atom is -0.331 e. The van der Waals surface area contributed by atoms with Crippen molar-refractivity contribution in [3.63, 3.8) is 0 Å². The van der Waals surface area contributed by atoms with E-state index in [4.69, 9.17) is 46.4 Å². The second-order valence-corrected chi connectivity index (χ2v) is 11.3. The van der Waals surface area contributed by atoms with Crippen LogP contribution in [0.5, 0.6) is 0 Å². The molecule has 0 fully saturated rings. The lowest BCUT2D eigenvalue weighted by molar-refractivity contribution is 0.246. The molecule has 34 heavy (non-hydrogen) atoms. The third-order valence-corrected chi connectivity index (χ3v) is 8.40. The summed E-state index contributed by atoms with van der Waals surface area (Å²) in [6.45, 7) is -0.272. The molecule has 1 unspecified atom stereocenters. The Morgan fingerprint density at radius 3 is 2.74 bits per heavy atom. The first-order valence-corrected chi connectivity index (χ1v) is 13.0. The van der Waals surface area contributed by atoms with E-state index < -0.39 is 24.6 Å². The highest BCUT2D eigenvalue weighted by atomic mass is 35.5. The van der Waals surface area contributed by atoms with Crippen LogP contribution in [0, 0.1) is 0 Å². The molecule has 1 aromatic carbocycles. The zero-order valence-electron chi connectivity index (χ0n) is 17.2. The van der Waals surface area contributed by atoms with Crippen molar-refractivity contribution in [2.24, 2.45) is 0 Å². The molecule has 0 saturated carbocycles. The van der Waals surface area contributed by atoms with Gasteiger partial charge in [-0.3, -0.25) is 9.40 Å². The molecule has 3 aromatic rings. The van der Waals surface area contributed by atoms with Gasteiger partial charge in [0.2, 0.25) is 0 Å². The molecule has 0 radical (unpaired) electrons. The summed E-state index contributed by atoms with van der Waals surface area (Å²) in [6.07, 6.45) is 0.633. The van der Waals surface area contributed by atoms with Gasteiger partial charge < -0.3 is 5.32 Å². The van der Waals surface area contributed by atoms with Gasteiger partial charge in [0.1, 0.15) is 16.3 Å². The summed E-state index contributed by atoms with van der Waals surface area (Å²) in [5.41, 5.74) is 1.69. The molecular weight excluding hydrogens is 568 g/mol. The first-order valence-electron chi connectivity index (χ1n) is 9.90. The monoisotopic (exact) mass is 582 g/mol. The molecule has 2 aromatic heterocycles. The number of carbonyl (C=O) groups excluding carboxylic acids is 1. The number of allylic oxidation sites excluding steroid dienone is 1. The van der Waals surface area contributed by atoms with E-state index in [2.05, 4.69) is 15.1 Å². The number of carbonyl (C=O) groups is 1. The van der Waals surface area contributed by atoms with Gasteiger partial charge in [-0.25, -0.2) is 13.6 Å². The summed E-state index contributed by atoms with van der Waals surface area (Å²) >= 11 is 26.2. The zero-order valence-corrected chi connectivity index (χ0v) is 21.8. The number of hydrogen-bond acceptors (Lipinski definition) is 4. The summed E-state index contributed by atoms with van der Waals surface area (Å²) < 4.78 is 35.2. The van der Waals surface area contributed by atoms with Crippen LogP contribution >= 0.6 is 69.7 Å². The van der Waals surface area contributed by atoms with Crippen LogP contribution in [0.1, 0.15) is 23.2 Å². The number of hydrogen-bond donors (Lipinski definition) is 2. The number of aryl methyl sites for hydroxylation is 1. The predicted octanol–water partition coefficient (Wildman–Crippen LogP) is 7.58. The van der Waals surface area contributed by atoms with Gasteiger partial charge in [0.15, 0.2) is 0 Å². The summed E-state index contributed by atoms with van der Waals surface area (Å²) in [6, 6.07) is 5.99. The molecule has 0 bridgehead atoms. The first kappa shape index (κ1) is 25.6. The van der Waals surface area contributed by atoms with Crippen LogP contribution in [0.2, 0.25) is 19.4 Å². The van der Waals surface area contributed by atoms with Gasteiger partial charge in [-0.2, -0.15) is 5.10 Å². The molecule has 0 saturated heterocycles. The maximum atomic E-state index is 15.2. The Morgan fingerprint density at radius 2 is 2.03 bits per heavy atom. The summed E-state index contributed by atoms with van der Waals surface area (Å²) in [5, 5.41) is 8.02. The quantitative estimate of drug-likeness (QED) is 0.294. The van der Waals surface area contributed by atoms with Crippen LogP contribution in [-0.2, 0) is 13.0 Å². The standard InChI is InChI=1S/C21H16Cl4F2N4OS2/c22-12-3-1-11(13(23)5-12)9-31-19-10(7-29-31)2-4-15(26)18(19)16(27)8-28-21(32)30-34-17-6-14(24)20(25)33-17/h1,3,5-7,15H,2,4,8-9H2,(H2,28,30,32)/b18-16-. The summed E-state index contributed by atoms with van der Waals surface area (Å²) in [5.74, 6) is -0.778. The fourth-order valence-electron chi connectivity index (χ4n) is 3.49. The molecule has 180 valence electrons.